The smallest absolute Gasteiger partial charge is 0.234 e. The summed E-state index contributed by atoms with van der Waals surface area (Å²) in [4.78, 5) is 14.6. The van der Waals surface area contributed by atoms with Crippen LogP contribution >= 0.6 is 23.4 Å². The molecule has 0 saturated carbocycles. The predicted octanol–water partition coefficient (Wildman–Crippen LogP) is 5.38. The van der Waals surface area contributed by atoms with Crippen LogP contribution in [0.2, 0.25) is 5.02 Å². The number of thioether (sulfide) groups is 1. The van der Waals surface area contributed by atoms with E-state index in [1.165, 1.54) is 11.8 Å². The fraction of sp³-hybridized carbons (Fsp3) is 0.125. The molecule has 0 aliphatic rings. The van der Waals surface area contributed by atoms with Crippen molar-refractivity contribution in [1.29, 1.82) is 0 Å². The van der Waals surface area contributed by atoms with Gasteiger partial charge in [-0.25, -0.2) is 0 Å². The third-order valence-corrected chi connectivity index (χ3v) is 6.02. The monoisotopic (exact) mass is 463 g/mol. The van der Waals surface area contributed by atoms with Gasteiger partial charge in [-0.2, -0.15) is 0 Å². The quantitative estimate of drug-likeness (QED) is 0.372. The molecule has 0 aliphatic carbocycles. The van der Waals surface area contributed by atoms with E-state index in [1.807, 2.05) is 102 Å². The predicted molar refractivity (Wildman–Crippen MR) is 132 cm³/mol. The van der Waals surface area contributed by atoms with Crippen molar-refractivity contribution < 1.29 is 4.79 Å². The number of hydrogen-bond acceptors (Lipinski definition) is 5. The lowest BCUT2D eigenvalue weighted by atomic mass is 10.2. The number of amides is 1. The highest BCUT2D eigenvalue weighted by Gasteiger charge is 2.18. The van der Waals surface area contributed by atoms with Crippen LogP contribution in [0.4, 0.5) is 11.4 Å². The van der Waals surface area contributed by atoms with E-state index in [4.69, 9.17) is 11.6 Å². The number of benzene rings is 3. The Kier molecular flexibility index (Phi) is 6.78. The molecular weight excluding hydrogens is 442 g/mol. The van der Waals surface area contributed by atoms with Gasteiger partial charge in [0.25, 0.3) is 0 Å². The molecule has 0 bridgehead atoms. The highest BCUT2D eigenvalue weighted by molar-refractivity contribution is 7.99. The number of carbonyl (C=O) groups is 1. The van der Waals surface area contributed by atoms with E-state index in [9.17, 15) is 4.79 Å². The molecule has 0 spiro atoms. The van der Waals surface area contributed by atoms with Crippen molar-refractivity contribution in [2.24, 2.45) is 0 Å². The fourth-order valence-electron chi connectivity index (χ4n) is 3.16. The maximum Gasteiger partial charge on any atom is 0.234 e. The molecule has 162 valence electrons. The molecule has 0 fully saturated rings. The molecule has 4 aromatic rings. The van der Waals surface area contributed by atoms with Gasteiger partial charge in [0, 0.05) is 36.7 Å². The number of halogens is 1. The molecule has 0 aliphatic heterocycles. The van der Waals surface area contributed by atoms with Crippen molar-refractivity contribution in [1.82, 2.24) is 14.8 Å². The highest BCUT2D eigenvalue weighted by atomic mass is 35.5. The van der Waals surface area contributed by atoms with Gasteiger partial charge in [0.05, 0.1) is 10.8 Å². The average Bonchev–Trinajstić information content (AvgIpc) is 3.22. The number of nitrogens with zero attached hydrogens (tertiary/aromatic N) is 4. The molecule has 1 N–H and O–H groups in total. The summed E-state index contributed by atoms with van der Waals surface area (Å²) in [5.74, 6) is 0.710. The number of carbonyl (C=O) groups excluding carboxylic acids is 1. The number of hydrogen-bond donors (Lipinski definition) is 1. The zero-order valence-electron chi connectivity index (χ0n) is 17.7. The van der Waals surface area contributed by atoms with Gasteiger partial charge in [0.2, 0.25) is 5.91 Å². The second-order valence-electron chi connectivity index (χ2n) is 7.24. The van der Waals surface area contributed by atoms with Crippen LogP contribution < -0.4 is 10.2 Å². The van der Waals surface area contributed by atoms with Gasteiger partial charge >= 0.3 is 0 Å². The Morgan fingerprint density at radius 3 is 2.34 bits per heavy atom. The topological polar surface area (TPSA) is 63.1 Å². The molecular formula is C24H22ClN5OS. The van der Waals surface area contributed by atoms with Crippen molar-refractivity contribution in [2.45, 2.75) is 5.16 Å². The molecule has 3 aromatic carbocycles. The van der Waals surface area contributed by atoms with E-state index >= 15 is 0 Å². The summed E-state index contributed by atoms with van der Waals surface area (Å²) in [7, 11) is 3.95. The third kappa shape index (κ3) is 4.95. The minimum absolute atomic E-state index is 0.116. The van der Waals surface area contributed by atoms with Crippen LogP contribution in [0.25, 0.3) is 17.1 Å². The van der Waals surface area contributed by atoms with Crippen LogP contribution in [0.5, 0.6) is 0 Å². The summed E-state index contributed by atoms with van der Waals surface area (Å²) in [6, 6.07) is 25.0. The molecule has 6 nitrogen and oxygen atoms in total. The first-order valence-corrected chi connectivity index (χ1v) is 11.3. The van der Waals surface area contributed by atoms with Crippen LogP contribution in [0, 0.1) is 0 Å². The number of rotatable bonds is 7. The number of aromatic nitrogens is 3. The molecule has 1 amide bonds. The first-order chi connectivity index (χ1) is 15.5. The third-order valence-electron chi connectivity index (χ3n) is 4.76. The summed E-state index contributed by atoms with van der Waals surface area (Å²) in [6.45, 7) is 0. The van der Waals surface area contributed by atoms with Gasteiger partial charge in [-0.1, -0.05) is 53.7 Å². The lowest BCUT2D eigenvalue weighted by Gasteiger charge is -2.13. The average molecular weight is 464 g/mol. The zero-order valence-corrected chi connectivity index (χ0v) is 19.3. The Morgan fingerprint density at radius 1 is 0.969 bits per heavy atom. The normalized spacial score (nSPS) is 10.7. The zero-order chi connectivity index (χ0) is 22.5. The van der Waals surface area contributed by atoms with Gasteiger partial charge in [-0.05, 0) is 48.5 Å². The van der Waals surface area contributed by atoms with Gasteiger partial charge in [-0.15, -0.1) is 10.2 Å². The van der Waals surface area contributed by atoms with Crippen molar-refractivity contribution in [3.8, 4) is 17.1 Å². The summed E-state index contributed by atoms with van der Waals surface area (Å²) in [5, 5.41) is 12.9. The Hall–Kier alpha value is -3.29. The van der Waals surface area contributed by atoms with E-state index in [0.717, 1.165) is 22.6 Å². The largest absolute Gasteiger partial charge is 0.378 e. The van der Waals surface area contributed by atoms with Crippen LogP contribution in [0.15, 0.2) is 84.0 Å². The van der Waals surface area contributed by atoms with Crippen LogP contribution in [0.1, 0.15) is 0 Å². The summed E-state index contributed by atoms with van der Waals surface area (Å²) >= 11 is 7.75. The Balaban J connectivity index is 1.55. The lowest BCUT2D eigenvalue weighted by Crippen LogP contribution is -2.15. The molecule has 1 heterocycles. The first kappa shape index (κ1) is 21.9. The summed E-state index contributed by atoms with van der Waals surface area (Å²) in [5.41, 5.74) is 3.50. The fourth-order valence-corrected chi connectivity index (χ4v) is 4.13. The highest BCUT2D eigenvalue weighted by Crippen LogP contribution is 2.31. The second kappa shape index (κ2) is 9.89. The molecule has 1 aromatic heterocycles. The van der Waals surface area contributed by atoms with E-state index in [0.29, 0.717) is 16.0 Å². The van der Waals surface area contributed by atoms with Gasteiger partial charge < -0.3 is 10.2 Å². The van der Waals surface area contributed by atoms with E-state index < -0.39 is 0 Å². The Morgan fingerprint density at radius 2 is 1.66 bits per heavy atom. The van der Waals surface area contributed by atoms with Crippen LogP contribution in [-0.2, 0) is 4.79 Å². The summed E-state index contributed by atoms with van der Waals surface area (Å²) < 4.78 is 1.92. The Bertz CT molecular complexity index is 1210. The minimum Gasteiger partial charge on any atom is -0.378 e. The molecule has 8 heteroatoms. The standard InChI is InChI=1S/C24H22ClN5OS/c1-29(2)18-14-12-17(13-15-18)26-22(31)16-32-24-28-27-23(20-10-6-7-11-21(20)25)30(24)19-8-4-3-5-9-19/h3-15H,16H2,1-2H3,(H,26,31). The van der Waals surface area contributed by atoms with E-state index in [1.54, 1.807) is 0 Å². The van der Waals surface area contributed by atoms with E-state index in [-0.39, 0.29) is 11.7 Å². The molecule has 0 atom stereocenters. The maximum atomic E-state index is 12.6. The lowest BCUT2D eigenvalue weighted by molar-refractivity contribution is -0.113. The minimum atomic E-state index is -0.116. The van der Waals surface area contributed by atoms with Crippen molar-refractivity contribution in [3.63, 3.8) is 0 Å². The molecule has 0 radical (unpaired) electrons. The Labute approximate surface area is 196 Å². The van der Waals surface area contributed by atoms with E-state index in [2.05, 4.69) is 15.5 Å². The number of para-hydroxylation sites is 1. The molecule has 0 unspecified atom stereocenters. The first-order valence-electron chi connectivity index (χ1n) is 9.98. The van der Waals surface area contributed by atoms with Gasteiger partial charge in [-0.3, -0.25) is 9.36 Å². The van der Waals surface area contributed by atoms with Gasteiger partial charge in [0.15, 0.2) is 11.0 Å². The van der Waals surface area contributed by atoms with Crippen LogP contribution in [-0.4, -0.2) is 40.5 Å². The van der Waals surface area contributed by atoms with Crippen LogP contribution in [0.3, 0.4) is 0 Å². The van der Waals surface area contributed by atoms with Crippen molar-refractivity contribution >= 4 is 40.6 Å². The summed E-state index contributed by atoms with van der Waals surface area (Å²) in [6.07, 6.45) is 0. The second-order valence-corrected chi connectivity index (χ2v) is 8.58. The molecule has 32 heavy (non-hydrogen) atoms. The molecule has 0 saturated heterocycles. The SMILES string of the molecule is CN(C)c1ccc(NC(=O)CSc2nnc(-c3ccccc3Cl)n2-c2ccccc2)cc1. The molecule has 4 rings (SSSR count). The van der Waals surface area contributed by atoms with Crippen molar-refractivity contribution in [2.75, 3.05) is 30.1 Å². The maximum absolute atomic E-state index is 12.6. The van der Waals surface area contributed by atoms with Crippen molar-refractivity contribution in [3.05, 3.63) is 83.9 Å². The number of anilines is 2. The number of nitrogens with one attached hydrogen (secondary N) is 1. The van der Waals surface area contributed by atoms with Gasteiger partial charge in [0.1, 0.15) is 0 Å².